The van der Waals surface area contributed by atoms with E-state index < -0.39 is 0 Å². The monoisotopic (exact) mass is 626 g/mol. The van der Waals surface area contributed by atoms with Crippen LogP contribution in [0.2, 0.25) is 0 Å². The number of hydrogen-bond donors (Lipinski definition) is 0. The van der Waals surface area contributed by atoms with Crippen molar-refractivity contribution in [2.75, 3.05) is 0 Å². The fourth-order valence-corrected chi connectivity index (χ4v) is 9.02. The van der Waals surface area contributed by atoms with Crippen LogP contribution < -0.4 is 5.56 Å². The van der Waals surface area contributed by atoms with Gasteiger partial charge in [0, 0.05) is 43.4 Å². The smallest absolute Gasteiger partial charge is 0.263 e. The van der Waals surface area contributed by atoms with Crippen molar-refractivity contribution in [1.82, 2.24) is 8.97 Å². The fourth-order valence-electron chi connectivity index (χ4n) is 9.02. The number of fused-ring (bicyclic) bond motifs is 11. The van der Waals surface area contributed by atoms with Crippen molar-refractivity contribution in [3.05, 3.63) is 167 Å². The second-order valence-electron chi connectivity index (χ2n) is 14.1. The molecule has 0 saturated carbocycles. The summed E-state index contributed by atoms with van der Waals surface area (Å²) in [7, 11) is 0. The molecule has 1 aliphatic carbocycles. The van der Waals surface area contributed by atoms with E-state index >= 15 is 0 Å². The molecule has 7 aromatic carbocycles. The van der Waals surface area contributed by atoms with Gasteiger partial charge in [-0.2, -0.15) is 0 Å². The molecule has 3 heterocycles. The Bertz CT molecular complexity index is 3050. The van der Waals surface area contributed by atoms with Gasteiger partial charge in [-0.3, -0.25) is 9.20 Å². The van der Waals surface area contributed by atoms with Gasteiger partial charge in [-0.25, -0.2) is 0 Å². The topological polar surface area (TPSA) is 26.4 Å². The van der Waals surface area contributed by atoms with Gasteiger partial charge in [0.25, 0.3) is 5.56 Å². The van der Waals surface area contributed by atoms with Crippen LogP contribution in [0.3, 0.4) is 0 Å². The Morgan fingerprint density at radius 3 is 1.73 bits per heavy atom. The van der Waals surface area contributed by atoms with Gasteiger partial charge < -0.3 is 4.57 Å². The number of aromatic nitrogens is 2. The maximum atomic E-state index is 14.0. The van der Waals surface area contributed by atoms with Gasteiger partial charge in [0.1, 0.15) is 0 Å². The molecule has 0 bridgehead atoms. The molecule has 0 spiro atoms. The maximum Gasteiger partial charge on any atom is 0.263 e. The number of nitrogens with zero attached hydrogens (tertiary/aromatic N) is 2. The summed E-state index contributed by atoms with van der Waals surface area (Å²) in [6, 6.07) is 52.2. The highest BCUT2D eigenvalue weighted by Gasteiger charge is 2.36. The summed E-state index contributed by atoms with van der Waals surface area (Å²) in [5.74, 6) is 0. The molecule has 3 heteroatoms. The maximum absolute atomic E-state index is 14.0. The van der Waals surface area contributed by atoms with Crippen molar-refractivity contribution in [3.63, 3.8) is 0 Å². The van der Waals surface area contributed by atoms with Gasteiger partial charge >= 0.3 is 0 Å². The average Bonchev–Trinajstić information content (AvgIpc) is 3.75. The summed E-state index contributed by atoms with van der Waals surface area (Å²) < 4.78 is 4.35. The summed E-state index contributed by atoms with van der Waals surface area (Å²) in [6.07, 6.45) is 0. The lowest BCUT2D eigenvalue weighted by molar-refractivity contribution is 0.660. The summed E-state index contributed by atoms with van der Waals surface area (Å²) in [5, 5.41) is 7.65. The first-order valence-corrected chi connectivity index (χ1v) is 17.0. The molecular formula is C46H30N2O. The van der Waals surface area contributed by atoms with E-state index in [0.717, 1.165) is 43.5 Å². The summed E-state index contributed by atoms with van der Waals surface area (Å²) in [5.41, 5.74) is 13.0. The Labute approximate surface area is 282 Å². The third-order valence-corrected chi connectivity index (χ3v) is 11.3. The molecule has 0 aliphatic heterocycles. The van der Waals surface area contributed by atoms with Crippen LogP contribution in [0.25, 0.3) is 87.7 Å². The van der Waals surface area contributed by atoms with E-state index in [-0.39, 0.29) is 11.0 Å². The van der Waals surface area contributed by atoms with E-state index in [1.54, 1.807) is 0 Å². The molecule has 0 fully saturated rings. The van der Waals surface area contributed by atoms with Crippen molar-refractivity contribution >= 4 is 59.8 Å². The van der Waals surface area contributed by atoms with Gasteiger partial charge in [-0.05, 0) is 81.2 Å². The summed E-state index contributed by atoms with van der Waals surface area (Å²) in [6.45, 7) is 4.71. The Morgan fingerprint density at radius 1 is 0.469 bits per heavy atom. The molecule has 230 valence electrons. The third-order valence-electron chi connectivity index (χ3n) is 11.3. The van der Waals surface area contributed by atoms with E-state index in [1.165, 1.54) is 55.3 Å². The molecular weight excluding hydrogens is 597 g/mol. The molecule has 10 aromatic rings. The molecule has 0 N–H and O–H groups in total. The van der Waals surface area contributed by atoms with Crippen LogP contribution in [0.5, 0.6) is 0 Å². The highest BCUT2D eigenvalue weighted by molar-refractivity contribution is 6.24. The molecule has 0 radical (unpaired) electrons. The minimum atomic E-state index is -0.206. The van der Waals surface area contributed by atoms with Crippen molar-refractivity contribution in [3.8, 4) is 27.9 Å². The molecule has 1 aliphatic rings. The Kier molecular flexibility index (Phi) is 5.06. The second-order valence-corrected chi connectivity index (χ2v) is 14.1. The zero-order valence-corrected chi connectivity index (χ0v) is 27.2. The first kappa shape index (κ1) is 26.8. The minimum absolute atomic E-state index is 0.0380. The van der Waals surface area contributed by atoms with Crippen LogP contribution in [0.1, 0.15) is 25.0 Å². The largest absolute Gasteiger partial charge is 0.309 e. The lowest BCUT2D eigenvalue weighted by Gasteiger charge is -2.23. The molecule has 11 rings (SSSR count). The van der Waals surface area contributed by atoms with E-state index in [9.17, 15) is 4.79 Å². The van der Waals surface area contributed by atoms with Crippen molar-refractivity contribution in [1.29, 1.82) is 0 Å². The highest BCUT2D eigenvalue weighted by atomic mass is 16.1. The zero-order chi connectivity index (χ0) is 32.6. The van der Waals surface area contributed by atoms with Crippen molar-refractivity contribution in [2.45, 2.75) is 19.3 Å². The first-order chi connectivity index (χ1) is 24.0. The molecule has 0 amide bonds. The SMILES string of the molecule is CC1(C)c2cc(-c3ccc4c5ccccc5c(=O)n5c6ccccc6c3c45)ccc2-c2ccc(-n3c4ccccc4c4ccccc43)cc21. The third kappa shape index (κ3) is 3.34. The average molecular weight is 627 g/mol. The Balaban J connectivity index is 1.13. The van der Waals surface area contributed by atoms with Gasteiger partial charge in [0.2, 0.25) is 0 Å². The van der Waals surface area contributed by atoms with Gasteiger partial charge in [-0.15, -0.1) is 0 Å². The molecule has 3 nitrogen and oxygen atoms in total. The first-order valence-electron chi connectivity index (χ1n) is 17.0. The van der Waals surface area contributed by atoms with E-state index in [2.05, 4.69) is 140 Å². The number of pyridine rings is 1. The molecule has 3 aromatic heterocycles. The van der Waals surface area contributed by atoms with Crippen molar-refractivity contribution < 1.29 is 0 Å². The zero-order valence-electron chi connectivity index (χ0n) is 27.2. The van der Waals surface area contributed by atoms with Gasteiger partial charge in [0.15, 0.2) is 0 Å². The number of rotatable bonds is 2. The predicted octanol–water partition coefficient (Wildman–Crippen LogP) is 11.3. The molecule has 0 unspecified atom stereocenters. The highest BCUT2D eigenvalue weighted by Crippen LogP contribution is 2.51. The number of hydrogen-bond acceptors (Lipinski definition) is 1. The quantitative estimate of drug-likeness (QED) is 0.175. The number of benzene rings is 7. The summed E-state index contributed by atoms with van der Waals surface area (Å²) in [4.78, 5) is 14.0. The van der Waals surface area contributed by atoms with Crippen LogP contribution >= 0.6 is 0 Å². The van der Waals surface area contributed by atoms with Crippen LogP contribution in [-0.2, 0) is 5.41 Å². The lowest BCUT2D eigenvalue weighted by Crippen LogP contribution is -2.15. The van der Waals surface area contributed by atoms with Crippen LogP contribution in [-0.4, -0.2) is 8.97 Å². The van der Waals surface area contributed by atoms with E-state index in [4.69, 9.17) is 0 Å². The Morgan fingerprint density at radius 2 is 1.02 bits per heavy atom. The predicted molar refractivity (Wildman–Crippen MR) is 205 cm³/mol. The lowest BCUT2D eigenvalue weighted by atomic mass is 9.81. The number of para-hydroxylation sites is 3. The molecule has 49 heavy (non-hydrogen) atoms. The minimum Gasteiger partial charge on any atom is -0.309 e. The fraction of sp³-hybridized carbons (Fsp3) is 0.0652. The summed E-state index contributed by atoms with van der Waals surface area (Å²) >= 11 is 0. The van der Waals surface area contributed by atoms with Crippen LogP contribution in [0, 0.1) is 0 Å². The van der Waals surface area contributed by atoms with Gasteiger partial charge in [-0.1, -0.05) is 117 Å². The van der Waals surface area contributed by atoms with E-state index in [1.807, 2.05) is 28.7 Å². The second kappa shape index (κ2) is 9.24. The molecule has 0 saturated heterocycles. The molecule has 0 atom stereocenters. The van der Waals surface area contributed by atoms with Crippen LogP contribution in [0.4, 0.5) is 0 Å². The Hall–Kier alpha value is -6.19. The standard InChI is InChI=1S/C46H30N2O/c1-46(2)38-25-27(29-23-24-35-30-11-3-4-14-36(30)45(49)48-42-18-10-7-15-37(42)43(29)44(35)48)19-21-31(38)32-22-20-28(26-39(32)46)47-40-16-8-5-12-33(40)34-13-6-9-17-41(34)47/h3-26H,1-2H3. The van der Waals surface area contributed by atoms with Gasteiger partial charge in [0.05, 0.1) is 22.1 Å². The van der Waals surface area contributed by atoms with Crippen molar-refractivity contribution in [2.24, 2.45) is 0 Å². The normalized spacial score (nSPS) is 13.8. The van der Waals surface area contributed by atoms with Crippen LogP contribution in [0.15, 0.2) is 150 Å². The van der Waals surface area contributed by atoms with E-state index in [0.29, 0.717) is 0 Å².